The Balaban J connectivity index is 2.16. The van der Waals surface area contributed by atoms with E-state index in [0.717, 1.165) is 18.4 Å². The molecule has 5 nitrogen and oxygen atoms in total. The summed E-state index contributed by atoms with van der Waals surface area (Å²) in [6.45, 7) is 0.905. The van der Waals surface area contributed by atoms with Gasteiger partial charge >= 0.3 is 0 Å². The minimum absolute atomic E-state index is 0.153. The predicted molar refractivity (Wildman–Crippen MR) is 68.9 cm³/mol. The van der Waals surface area contributed by atoms with Crippen LogP contribution in [-0.4, -0.2) is 29.3 Å². The second-order valence-corrected chi connectivity index (χ2v) is 5.30. The molecule has 1 saturated carbocycles. The van der Waals surface area contributed by atoms with E-state index in [9.17, 15) is 15.6 Å². The van der Waals surface area contributed by atoms with Gasteiger partial charge in [-0.1, -0.05) is 11.6 Å². The third-order valence-corrected chi connectivity index (χ3v) is 3.82. The summed E-state index contributed by atoms with van der Waals surface area (Å²) < 4.78 is 0. The van der Waals surface area contributed by atoms with Gasteiger partial charge in [0, 0.05) is 13.1 Å². The van der Waals surface area contributed by atoms with Crippen molar-refractivity contribution in [3.05, 3.63) is 21.8 Å². The summed E-state index contributed by atoms with van der Waals surface area (Å²) in [7, 11) is 0. The van der Waals surface area contributed by atoms with Gasteiger partial charge in [0.15, 0.2) is 0 Å². The number of β-amino-alcohol motifs (C(OH)–C–C–N with tert-alkyl or cyclic N) is 1. The van der Waals surface area contributed by atoms with Crippen molar-refractivity contribution in [2.75, 3.05) is 18.0 Å². The number of nitriles is 2. The molecule has 0 aromatic carbocycles. The van der Waals surface area contributed by atoms with Gasteiger partial charge in [0.25, 0.3) is 0 Å². The standard InChI is InChI=1S/C13H11ClN4O/c14-12-9(3-15)11(7-1-2-7)10(4-16)13(17-12)18-5-8(19)6-18/h7-8,19H,1-2,5-6H2. The Kier molecular flexibility index (Phi) is 2.82. The van der Waals surface area contributed by atoms with Gasteiger partial charge < -0.3 is 10.0 Å². The summed E-state index contributed by atoms with van der Waals surface area (Å²) in [5.74, 6) is 0.744. The fourth-order valence-electron chi connectivity index (χ4n) is 2.42. The fourth-order valence-corrected chi connectivity index (χ4v) is 2.64. The van der Waals surface area contributed by atoms with Crippen molar-refractivity contribution < 1.29 is 5.11 Å². The lowest BCUT2D eigenvalue weighted by molar-refractivity contribution is 0.141. The first-order valence-corrected chi connectivity index (χ1v) is 6.50. The van der Waals surface area contributed by atoms with E-state index in [4.69, 9.17) is 11.6 Å². The SMILES string of the molecule is N#Cc1c(Cl)nc(N2CC(O)C2)c(C#N)c1C1CC1. The van der Waals surface area contributed by atoms with Gasteiger partial charge in [-0.3, -0.25) is 0 Å². The van der Waals surface area contributed by atoms with Crippen molar-refractivity contribution in [2.24, 2.45) is 0 Å². The van der Waals surface area contributed by atoms with Crippen molar-refractivity contribution in [1.82, 2.24) is 4.98 Å². The summed E-state index contributed by atoms with van der Waals surface area (Å²) in [4.78, 5) is 6.00. The van der Waals surface area contributed by atoms with E-state index in [0.29, 0.717) is 30.0 Å². The Morgan fingerprint density at radius 3 is 2.32 bits per heavy atom. The van der Waals surface area contributed by atoms with Gasteiger partial charge in [-0.05, 0) is 24.3 Å². The predicted octanol–water partition coefficient (Wildman–Crippen LogP) is 1.54. The van der Waals surface area contributed by atoms with Crippen LogP contribution in [0.25, 0.3) is 0 Å². The monoisotopic (exact) mass is 274 g/mol. The molecule has 1 aromatic heterocycles. The fraction of sp³-hybridized carbons (Fsp3) is 0.462. The van der Waals surface area contributed by atoms with Crippen molar-refractivity contribution >= 4 is 17.4 Å². The van der Waals surface area contributed by atoms with E-state index in [1.165, 1.54) is 0 Å². The third kappa shape index (κ3) is 1.92. The number of rotatable bonds is 2. The van der Waals surface area contributed by atoms with Crippen LogP contribution in [0.2, 0.25) is 5.15 Å². The highest BCUT2D eigenvalue weighted by Crippen LogP contribution is 2.46. The number of nitrogens with zero attached hydrogens (tertiary/aromatic N) is 4. The van der Waals surface area contributed by atoms with Crippen molar-refractivity contribution in [1.29, 1.82) is 10.5 Å². The summed E-state index contributed by atoms with van der Waals surface area (Å²) in [6, 6.07) is 4.21. The second kappa shape index (κ2) is 4.38. The zero-order valence-corrected chi connectivity index (χ0v) is 10.9. The maximum atomic E-state index is 9.39. The number of hydrogen-bond acceptors (Lipinski definition) is 5. The maximum absolute atomic E-state index is 9.39. The van der Waals surface area contributed by atoms with Gasteiger partial charge in [0.1, 0.15) is 23.1 Å². The lowest BCUT2D eigenvalue weighted by Crippen LogP contribution is -2.51. The van der Waals surface area contributed by atoms with Gasteiger partial charge in [-0.15, -0.1) is 0 Å². The molecule has 19 heavy (non-hydrogen) atoms. The molecule has 6 heteroatoms. The van der Waals surface area contributed by atoms with E-state index in [2.05, 4.69) is 17.1 Å². The molecular weight excluding hydrogens is 264 g/mol. The number of aliphatic hydroxyl groups excluding tert-OH is 1. The average Bonchev–Trinajstić information content (AvgIpc) is 3.17. The molecule has 0 radical (unpaired) electrons. The molecule has 0 spiro atoms. The molecule has 0 atom stereocenters. The van der Waals surface area contributed by atoms with Crippen LogP contribution < -0.4 is 4.90 Å². The molecule has 1 aliphatic heterocycles. The highest BCUT2D eigenvalue weighted by molar-refractivity contribution is 6.30. The lowest BCUT2D eigenvalue weighted by atomic mass is 9.98. The Hall–Kier alpha value is -1.82. The Morgan fingerprint density at radius 2 is 1.84 bits per heavy atom. The molecule has 0 bridgehead atoms. The van der Waals surface area contributed by atoms with Crippen LogP contribution in [0.5, 0.6) is 0 Å². The van der Waals surface area contributed by atoms with Crippen molar-refractivity contribution in [2.45, 2.75) is 24.9 Å². The normalized spacial score (nSPS) is 18.6. The quantitative estimate of drug-likeness (QED) is 0.827. The highest BCUT2D eigenvalue weighted by atomic mass is 35.5. The van der Waals surface area contributed by atoms with E-state index < -0.39 is 0 Å². The summed E-state index contributed by atoms with van der Waals surface area (Å²) in [5, 5.41) is 28.1. The number of aliphatic hydroxyl groups is 1. The Labute approximate surface area is 115 Å². The first-order valence-electron chi connectivity index (χ1n) is 6.12. The maximum Gasteiger partial charge on any atom is 0.149 e. The average molecular weight is 275 g/mol. The van der Waals surface area contributed by atoms with E-state index in [-0.39, 0.29) is 17.2 Å². The van der Waals surface area contributed by atoms with Crippen molar-refractivity contribution in [3.63, 3.8) is 0 Å². The zero-order valence-electron chi connectivity index (χ0n) is 10.1. The largest absolute Gasteiger partial charge is 0.389 e. The van der Waals surface area contributed by atoms with Gasteiger partial charge in [0.05, 0.1) is 17.2 Å². The molecule has 1 N–H and O–H groups in total. The molecule has 0 unspecified atom stereocenters. The second-order valence-electron chi connectivity index (χ2n) is 4.95. The Morgan fingerprint density at radius 1 is 1.21 bits per heavy atom. The molecule has 1 aliphatic carbocycles. The summed E-state index contributed by atoms with van der Waals surface area (Å²) in [6.07, 6.45) is 1.57. The number of halogens is 1. The molecule has 2 heterocycles. The topological polar surface area (TPSA) is 83.9 Å². The van der Waals surface area contributed by atoms with Crippen molar-refractivity contribution in [3.8, 4) is 12.1 Å². The van der Waals surface area contributed by atoms with Crippen LogP contribution in [0.15, 0.2) is 0 Å². The number of anilines is 1. The molecular formula is C13H11ClN4O. The summed E-state index contributed by atoms with van der Waals surface area (Å²) in [5.41, 5.74) is 1.50. The molecule has 0 amide bonds. The van der Waals surface area contributed by atoms with Crippen LogP contribution in [0.4, 0.5) is 5.82 Å². The van der Waals surface area contributed by atoms with E-state index in [1.807, 2.05) is 4.90 Å². The lowest BCUT2D eigenvalue weighted by Gasteiger charge is -2.37. The highest BCUT2D eigenvalue weighted by Gasteiger charge is 2.35. The third-order valence-electron chi connectivity index (χ3n) is 3.54. The smallest absolute Gasteiger partial charge is 0.149 e. The number of hydrogen-bond donors (Lipinski definition) is 1. The molecule has 3 rings (SSSR count). The molecule has 2 aliphatic rings. The first-order chi connectivity index (χ1) is 9.15. The number of aromatic nitrogens is 1. The Bertz CT molecular complexity index is 621. The van der Waals surface area contributed by atoms with E-state index >= 15 is 0 Å². The molecule has 1 saturated heterocycles. The van der Waals surface area contributed by atoms with Crippen LogP contribution in [-0.2, 0) is 0 Å². The summed E-state index contributed by atoms with van der Waals surface area (Å²) >= 11 is 6.06. The molecule has 2 fully saturated rings. The zero-order chi connectivity index (χ0) is 13.6. The number of pyridine rings is 1. The van der Waals surface area contributed by atoms with Gasteiger partial charge in [-0.2, -0.15) is 10.5 Å². The first kappa shape index (κ1) is 12.2. The van der Waals surface area contributed by atoms with Gasteiger partial charge in [0.2, 0.25) is 0 Å². The van der Waals surface area contributed by atoms with Crippen LogP contribution >= 0.6 is 11.6 Å². The van der Waals surface area contributed by atoms with Gasteiger partial charge in [-0.25, -0.2) is 4.98 Å². The minimum atomic E-state index is -0.382. The van der Waals surface area contributed by atoms with Crippen LogP contribution in [0.3, 0.4) is 0 Å². The van der Waals surface area contributed by atoms with Crippen LogP contribution in [0.1, 0.15) is 35.4 Å². The van der Waals surface area contributed by atoms with E-state index in [1.54, 1.807) is 0 Å². The van der Waals surface area contributed by atoms with Crippen LogP contribution in [0, 0.1) is 22.7 Å². The molecule has 1 aromatic rings. The molecule has 96 valence electrons. The minimum Gasteiger partial charge on any atom is -0.389 e.